The van der Waals surface area contributed by atoms with Crippen LogP contribution < -0.4 is 4.74 Å². The fraction of sp³-hybridized carbons (Fsp3) is 0.778. The van der Waals surface area contributed by atoms with Crippen molar-refractivity contribution in [3.8, 4) is 11.5 Å². The highest BCUT2D eigenvalue weighted by Gasteiger charge is 2.46. The summed E-state index contributed by atoms with van der Waals surface area (Å²) in [6.07, 6.45) is -10.8. The first-order chi connectivity index (χ1) is 18.5. The minimum atomic E-state index is -1.58. The molecule has 1 aromatic carbocycles. The highest BCUT2D eigenvalue weighted by atomic mass is 16.7. The van der Waals surface area contributed by atoms with Crippen molar-refractivity contribution < 1.29 is 59.4 Å². The van der Waals surface area contributed by atoms with Crippen molar-refractivity contribution in [1.29, 1.82) is 0 Å². The molecule has 0 radical (unpaired) electrons. The first-order valence-corrected chi connectivity index (χ1v) is 13.4. The molecule has 4 rings (SSSR count). The number of aromatic hydroxyl groups is 1. The number of fused-ring (bicyclic) bond motifs is 1. The molecule has 12 atom stereocenters. The quantitative estimate of drug-likeness (QED) is 0.219. The molecule has 7 N–H and O–H groups in total. The third kappa shape index (κ3) is 6.05. The molecule has 222 valence electrons. The number of hydrogen-bond donors (Lipinski definition) is 7. The normalized spacial score (nSPS) is 39.7. The summed E-state index contributed by atoms with van der Waals surface area (Å²) in [7, 11) is 1.53. The number of aliphatic hydroxyl groups excluding tert-OH is 6. The zero-order chi connectivity index (χ0) is 28.6. The van der Waals surface area contributed by atoms with Gasteiger partial charge in [0.25, 0.3) is 0 Å². The Morgan fingerprint density at radius 2 is 1.64 bits per heavy atom. The van der Waals surface area contributed by atoms with Gasteiger partial charge >= 0.3 is 0 Å². The van der Waals surface area contributed by atoms with Crippen LogP contribution >= 0.6 is 0 Å². The van der Waals surface area contributed by atoms with Crippen LogP contribution in [0.2, 0.25) is 0 Å². The van der Waals surface area contributed by atoms with E-state index < -0.39 is 55.3 Å². The van der Waals surface area contributed by atoms with Crippen LogP contribution in [0.1, 0.15) is 55.2 Å². The van der Waals surface area contributed by atoms with Crippen molar-refractivity contribution in [2.45, 2.75) is 101 Å². The molecule has 3 unspecified atom stereocenters. The van der Waals surface area contributed by atoms with Gasteiger partial charge in [0.05, 0.1) is 26.9 Å². The van der Waals surface area contributed by atoms with E-state index in [9.17, 15) is 35.7 Å². The van der Waals surface area contributed by atoms with E-state index in [0.717, 1.165) is 29.5 Å². The molecular weight excluding hydrogens is 516 g/mol. The van der Waals surface area contributed by atoms with Crippen molar-refractivity contribution in [2.24, 2.45) is 5.92 Å². The van der Waals surface area contributed by atoms with Gasteiger partial charge in [0.15, 0.2) is 24.1 Å². The first kappa shape index (κ1) is 30.4. The number of aryl methyl sites for hydroxylation is 1. The van der Waals surface area contributed by atoms with E-state index >= 15 is 0 Å². The predicted molar refractivity (Wildman–Crippen MR) is 135 cm³/mol. The van der Waals surface area contributed by atoms with E-state index in [1.54, 1.807) is 0 Å². The molecule has 0 bridgehead atoms. The Labute approximate surface area is 227 Å². The van der Waals surface area contributed by atoms with Gasteiger partial charge in [-0.2, -0.15) is 0 Å². The van der Waals surface area contributed by atoms with Crippen LogP contribution in [-0.4, -0.2) is 118 Å². The summed E-state index contributed by atoms with van der Waals surface area (Å²) in [4.78, 5) is 0. The molecule has 0 saturated carbocycles. The average molecular weight is 559 g/mol. The van der Waals surface area contributed by atoms with Crippen molar-refractivity contribution in [3.63, 3.8) is 0 Å². The summed E-state index contributed by atoms with van der Waals surface area (Å²) in [6.45, 7) is 5.53. The molecule has 2 fully saturated rings. The molecule has 0 aromatic heterocycles. The molecular formula is C27H42O12. The summed E-state index contributed by atoms with van der Waals surface area (Å²) in [6, 6.07) is 2.04. The summed E-state index contributed by atoms with van der Waals surface area (Å²) < 4.78 is 27.7. The van der Waals surface area contributed by atoms with Crippen LogP contribution in [0.25, 0.3) is 0 Å². The largest absolute Gasteiger partial charge is 0.504 e. The maximum atomic E-state index is 10.9. The number of phenolic OH excluding ortho intramolecular Hbond substituents is 1. The van der Waals surface area contributed by atoms with Crippen molar-refractivity contribution in [3.05, 3.63) is 22.8 Å². The highest BCUT2D eigenvalue weighted by molar-refractivity contribution is 5.57. The zero-order valence-electron chi connectivity index (χ0n) is 22.7. The average Bonchev–Trinajstić information content (AvgIpc) is 2.90. The Balaban J connectivity index is 1.40. The van der Waals surface area contributed by atoms with Gasteiger partial charge < -0.3 is 59.4 Å². The van der Waals surface area contributed by atoms with Crippen molar-refractivity contribution in [2.75, 3.05) is 26.9 Å². The third-order valence-corrected chi connectivity index (χ3v) is 8.28. The lowest BCUT2D eigenvalue weighted by Crippen LogP contribution is -2.60. The topological polar surface area (TPSA) is 188 Å². The first-order valence-electron chi connectivity index (χ1n) is 13.4. The second kappa shape index (κ2) is 12.5. The number of phenols is 1. The monoisotopic (exact) mass is 558 g/mol. The second-order valence-corrected chi connectivity index (χ2v) is 11.1. The van der Waals surface area contributed by atoms with Crippen LogP contribution in [0.4, 0.5) is 0 Å². The SMILES string of the molecule is COc1c(C)cc2c(c1O)C(C)CCC2C(C)CO[C@@H]1O[C@H](CO[C@@H]2OC[C@@H](O)[C@H](O)[C@H]2O)[C@@H](O)[C@H](O)[C@H]1O. The molecule has 12 nitrogen and oxygen atoms in total. The summed E-state index contributed by atoms with van der Waals surface area (Å²) >= 11 is 0. The minimum Gasteiger partial charge on any atom is -0.504 e. The lowest BCUT2D eigenvalue weighted by Gasteiger charge is -2.42. The molecule has 2 heterocycles. The van der Waals surface area contributed by atoms with E-state index in [2.05, 4.69) is 6.92 Å². The summed E-state index contributed by atoms with van der Waals surface area (Å²) in [5.41, 5.74) is 2.74. The van der Waals surface area contributed by atoms with E-state index in [1.165, 1.54) is 7.11 Å². The fourth-order valence-electron chi connectivity index (χ4n) is 5.90. The lowest BCUT2D eigenvalue weighted by molar-refractivity contribution is -0.322. The number of methoxy groups -OCH3 is 1. The fourth-order valence-corrected chi connectivity index (χ4v) is 5.90. The Bertz CT molecular complexity index is 975. The Kier molecular flexibility index (Phi) is 9.75. The maximum Gasteiger partial charge on any atom is 0.186 e. The third-order valence-electron chi connectivity index (χ3n) is 8.28. The molecule has 1 aliphatic carbocycles. The molecule has 3 aliphatic rings. The standard InChI is InChI=1S/C27H42O12/c1-11-5-6-14(15-7-12(2)25(35-4)21(31)18(11)15)13(3)8-36-27-24(34)22(32)20(30)17(39-27)10-38-26-23(33)19(29)16(28)9-37-26/h7,11,13-14,16-17,19-20,22-24,26-34H,5-6,8-10H2,1-4H3/t11?,13?,14?,16-,17-,19+,20-,22+,23-,24-,26+,27-/m1/s1. The molecule has 39 heavy (non-hydrogen) atoms. The molecule has 0 spiro atoms. The van der Waals surface area contributed by atoms with Gasteiger partial charge in [-0.1, -0.05) is 19.9 Å². The van der Waals surface area contributed by atoms with Crippen molar-refractivity contribution in [1.82, 2.24) is 0 Å². The predicted octanol–water partition coefficient (Wildman–Crippen LogP) is -0.394. The van der Waals surface area contributed by atoms with Gasteiger partial charge in [-0.25, -0.2) is 0 Å². The summed E-state index contributed by atoms with van der Waals surface area (Å²) in [5, 5.41) is 71.8. The van der Waals surface area contributed by atoms with E-state index in [1.807, 2.05) is 19.9 Å². The van der Waals surface area contributed by atoms with Gasteiger partial charge in [0.1, 0.15) is 42.7 Å². The molecule has 12 heteroatoms. The number of hydrogen-bond acceptors (Lipinski definition) is 12. The van der Waals surface area contributed by atoms with E-state index in [4.69, 9.17) is 23.7 Å². The van der Waals surface area contributed by atoms with E-state index in [-0.39, 0.29) is 43.3 Å². The van der Waals surface area contributed by atoms with Gasteiger partial charge in [-0.15, -0.1) is 0 Å². The van der Waals surface area contributed by atoms with Crippen molar-refractivity contribution >= 4 is 0 Å². The Morgan fingerprint density at radius 3 is 2.33 bits per heavy atom. The number of rotatable bonds is 8. The minimum absolute atomic E-state index is 0.0448. The van der Waals surface area contributed by atoms with Gasteiger partial charge in [-0.05, 0) is 48.6 Å². The van der Waals surface area contributed by atoms with Crippen LogP contribution in [0.3, 0.4) is 0 Å². The smallest absolute Gasteiger partial charge is 0.186 e. The van der Waals surface area contributed by atoms with Gasteiger partial charge in [-0.3, -0.25) is 0 Å². The van der Waals surface area contributed by atoms with Crippen LogP contribution in [0, 0.1) is 12.8 Å². The van der Waals surface area contributed by atoms with Crippen LogP contribution in [-0.2, 0) is 18.9 Å². The number of aliphatic hydroxyl groups is 6. The molecule has 2 aliphatic heterocycles. The van der Waals surface area contributed by atoms with Crippen LogP contribution in [0.15, 0.2) is 6.07 Å². The van der Waals surface area contributed by atoms with E-state index in [0.29, 0.717) is 5.75 Å². The maximum absolute atomic E-state index is 10.9. The number of ether oxygens (including phenoxy) is 5. The second-order valence-electron chi connectivity index (χ2n) is 11.1. The zero-order valence-corrected chi connectivity index (χ0v) is 22.7. The highest BCUT2D eigenvalue weighted by Crippen LogP contribution is 2.50. The molecule has 2 saturated heterocycles. The number of benzene rings is 1. The summed E-state index contributed by atoms with van der Waals surface area (Å²) in [5.74, 6) is 0.820. The lowest BCUT2D eigenvalue weighted by atomic mass is 9.72. The van der Waals surface area contributed by atoms with Gasteiger partial charge in [0.2, 0.25) is 0 Å². The Hall–Kier alpha value is -1.58. The van der Waals surface area contributed by atoms with Crippen LogP contribution in [0.5, 0.6) is 11.5 Å². The molecule has 1 aromatic rings. The van der Waals surface area contributed by atoms with Gasteiger partial charge in [0, 0.05) is 5.56 Å². The molecule has 0 amide bonds. The Morgan fingerprint density at radius 1 is 0.949 bits per heavy atom.